The number of aromatic nitrogens is 2. The highest BCUT2D eigenvalue weighted by Crippen LogP contribution is 2.25. The zero-order valence-corrected chi connectivity index (χ0v) is 14.9. The highest BCUT2D eigenvalue weighted by atomic mass is 35.5. The van der Waals surface area contributed by atoms with Gasteiger partial charge in [-0.05, 0) is 41.5 Å². The summed E-state index contributed by atoms with van der Waals surface area (Å²) in [6.45, 7) is 0. The lowest BCUT2D eigenvalue weighted by Crippen LogP contribution is -2.30. The Labute approximate surface area is 160 Å². The number of carbonyl (C=O) groups is 1. The first kappa shape index (κ1) is 17.2. The maximum Gasteiger partial charge on any atom is 0.255 e. The molecule has 0 aliphatic carbocycles. The van der Waals surface area contributed by atoms with Gasteiger partial charge in [-0.2, -0.15) is 0 Å². The van der Waals surface area contributed by atoms with Gasteiger partial charge >= 0.3 is 0 Å². The van der Waals surface area contributed by atoms with Crippen LogP contribution in [0.15, 0.2) is 73.1 Å². The summed E-state index contributed by atoms with van der Waals surface area (Å²) in [7, 11) is 0. The summed E-state index contributed by atoms with van der Waals surface area (Å²) >= 11 is 5.93. The number of H-pyrrole nitrogens is 1. The maximum absolute atomic E-state index is 14.1. The molecule has 134 valence electrons. The third kappa shape index (κ3) is 3.55. The van der Waals surface area contributed by atoms with E-state index < -0.39 is 17.8 Å². The molecule has 4 aromatic rings. The summed E-state index contributed by atoms with van der Waals surface area (Å²) in [4.78, 5) is 20.0. The van der Waals surface area contributed by atoms with Crippen LogP contribution in [0.25, 0.3) is 11.0 Å². The van der Waals surface area contributed by atoms with Crippen LogP contribution in [0.2, 0.25) is 5.02 Å². The van der Waals surface area contributed by atoms with E-state index in [4.69, 9.17) is 11.6 Å². The fraction of sp³-hybridized carbons (Fsp3) is 0.0476. The Morgan fingerprint density at radius 3 is 2.67 bits per heavy atom. The van der Waals surface area contributed by atoms with Crippen LogP contribution in [0.5, 0.6) is 0 Å². The third-order valence-corrected chi connectivity index (χ3v) is 4.59. The van der Waals surface area contributed by atoms with E-state index in [1.54, 1.807) is 6.33 Å². The lowest BCUT2D eigenvalue weighted by atomic mass is 9.97. The monoisotopic (exact) mass is 379 g/mol. The fourth-order valence-electron chi connectivity index (χ4n) is 3.02. The minimum absolute atomic E-state index is 0.0916. The van der Waals surface area contributed by atoms with Gasteiger partial charge in [0.05, 0.1) is 29.0 Å². The van der Waals surface area contributed by atoms with E-state index in [1.807, 2.05) is 48.5 Å². The Kier molecular flexibility index (Phi) is 4.60. The fourth-order valence-corrected chi connectivity index (χ4v) is 3.19. The molecule has 4 nitrogen and oxygen atoms in total. The minimum atomic E-state index is -0.618. The number of hydrogen-bond donors (Lipinski definition) is 2. The largest absolute Gasteiger partial charge is 0.345 e. The molecule has 0 saturated carbocycles. The van der Waals surface area contributed by atoms with Gasteiger partial charge in [0.1, 0.15) is 5.82 Å². The normalized spacial score (nSPS) is 12.1. The Hall–Kier alpha value is -3.18. The number of hydrogen-bond acceptors (Lipinski definition) is 2. The molecule has 2 N–H and O–H groups in total. The molecule has 1 unspecified atom stereocenters. The summed E-state index contributed by atoms with van der Waals surface area (Å²) in [5.74, 6) is -1.15. The van der Waals surface area contributed by atoms with Gasteiger partial charge in [0.25, 0.3) is 5.91 Å². The SMILES string of the molecule is O=C(NC(c1ccccc1)c1ccc2nc[nH]c2c1)c1cc(Cl)ccc1F. The molecule has 3 aromatic carbocycles. The Morgan fingerprint density at radius 2 is 1.85 bits per heavy atom. The van der Waals surface area contributed by atoms with Crippen molar-refractivity contribution in [3.05, 3.63) is 101 Å². The summed E-state index contributed by atoms with van der Waals surface area (Å²) in [5, 5.41) is 3.22. The Balaban J connectivity index is 1.74. The maximum atomic E-state index is 14.1. The van der Waals surface area contributed by atoms with E-state index in [2.05, 4.69) is 15.3 Å². The van der Waals surface area contributed by atoms with Crippen molar-refractivity contribution in [3.63, 3.8) is 0 Å². The molecule has 0 aliphatic heterocycles. The first-order valence-corrected chi connectivity index (χ1v) is 8.73. The van der Waals surface area contributed by atoms with Gasteiger partial charge in [-0.25, -0.2) is 9.37 Å². The lowest BCUT2D eigenvalue weighted by Gasteiger charge is -2.20. The first-order valence-electron chi connectivity index (χ1n) is 8.36. The average molecular weight is 380 g/mol. The molecule has 6 heteroatoms. The van der Waals surface area contributed by atoms with Crippen molar-refractivity contribution in [2.75, 3.05) is 0 Å². The predicted molar refractivity (Wildman–Crippen MR) is 103 cm³/mol. The second-order valence-electron chi connectivity index (χ2n) is 6.12. The molecule has 0 fully saturated rings. The number of halogens is 2. The highest BCUT2D eigenvalue weighted by molar-refractivity contribution is 6.31. The number of nitrogens with zero attached hydrogens (tertiary/aromatic N) is 1. The molecule has 0 radical (unpaired) electrons. The standard InChI is InChI=1S/C21H15ClFN3O/c22-15-7-8-17(23)16(11-15)21(27)26-20(13-4-2-1-3-5-13)14-6-9-18-19(10-14)25-12-24-18/h1-12,20H,(H,24,25)(H,26,27). The van der Waals surface area contributed by atoms with Crippen LogP contribution in [0, 0.1) is 5.82 Å². The number of rotatable bonds is 4. The number of nitrogens with one attached hydrogen (secondary N) is 2. The molecule has 0 aliphatic rings. The van der Waals surface area contributed by atoms with Gasteiger partial charge in [0.2, 0.25) is 0 Å². The Morgan fingerprint density at radius 1 is 1.04 bits per heavy atom. The van der Waals surface area contributed by atoms with Gasteiger partial charge in [-0.3, -0.25) is 4.79 Å². The van der Waals surface area contributed by atoms with Crippen molar-refractivity contribution in [2.45, 2.75) is 6.04 Å². The summed E-state index contributed by atoms with van der Waals surface area (Å²) in [6.07, 6.45) is 1.62. The van der Waals surface area contributed by atoms with Gasteiger partial charge < -0.3 is 10.3 Å². The highest BCUT2D eigenvalue weighted by Gasteiger charge is 2.20. The molecular weight excluding hydrogens is 365 g/mol. The number of benzene rings is 3. The predicted octanol–water partition coefficient (Wildman–Crippen LogP) is 4.87. The molecule has 1 aromatic heterocycles. The van der Waals surface area contributed by atoms with Gasteiger partial charge in [0, 0.05) is 5.02 Å². The van der Waals surface area contributed by atoms with Crippen LogP contribution in [0.1, 0.15) is 27.5 Å². The van der Waals surface area contributed by atoms with E-state index in [9.17, 15) is 9.18 Å². The molecule has 1 heterocycles. The van der Waals surface area contributed by atoms with Crippen LogP contribution in [-0.4, -0.2) is 15.9 Å². The third-order valence-electron chi connectivity index (χ3n) is 4.36. The van der Waals surface area contributed by atoms with E-state index >= 15 is 0 Å². The second kappa shape index (κ2) is 7.21. The van der Waals surface area contributed by atoms with Gasteiger partial charge in [-0.15, -0.1) is 0 Å². The number of fused-ring (bicyclic) bond motifs is 1. The van der Waals surface area contributed by atoms with Crippen molar-refractivity contribution in [1.29, 1.82) is 0 Å². The zero-order chi connectivity index (χ0) is 18.8. The van der Waals surface area contributed by atoms with E-state index in [0.29, 0.717) is 5.02 Å². The molecule has 0 bridgehead atoms. The van der Waals surface area contributed by atoms with Crippen LogP contribution in [0.4, 0.5) is 4.39 Å². The zero-order valence-electron chi connectivity index (χ0n) is 14.1. The van der Waals surface area contributed by atoms with Gasteiger partial charge in [0.15, 0.2) is 0 Å². The molecular formula is C21H15ClFN3O. The summed E-state index contributed by atoms with van der Waals surface area (Å²) < 4.78 is 14.1. The number of amides is 1. The minimum Gasteiger partial charge on any atom is -0.345 e. The summed E-state index contributed by atoms with van der Waals surface area (Å²) in [5.41, 5.74) is 3.33. The number of carbonyl (C=O) groups excluding carboxylic acids is 1. The van der Waals surface area contributed by atoms with E-state index in [-0.39, 0.29) is 5.56 Å². The lowest BCUT2D eigenvalue weighted by molar-refractivity contribution is 0.0939. The van der Waals surface area contributed by atoms with E-state index in [0.717, 1.165) is 22.2 Å². The Bertz CT molecular complexity index is 1110. The topological polar surface area (TPSA) is 57.8 Å². The molecule has 4 rings (SSSR count). The summed E-state index contributed by atoms with van der Waals surface area (Å²) in [6, 6.07) is 18.7. The van der Waals surface area contributed by atoms with Crippen LogP contribution >= 0.6 is 11.6 Å². The van der Waals surface area contributed by atoms with Crippen molar-refractivity contribution < 1.29 is 9.18 Å². The average Bonchev–Trinajstić information content (AvgIpc) is 3.16. The quantitative estimate of drug-likeness (QED) is 0.531. The molecule has 1 amide bonds. The molecule has 0 spiro atoms. The van der Waals surface area contributed by atoms with E-state index in [1.165, 1.54) is 18.2 Å². The first-order chi connectivity index (χ1) is 13.1. The van der Waals surface area contributed by atoms with Crippen LogP contribution in [0.3, 0.4) is 0 Å². The molecule has 27 heavy (non-hydrogen) atoms. The number of aromatic amines is 1. The van der Waals surface area contributed by atoms with Crippen LogP contribution < -0.4 is 5.32 Å². The van der Waals surface area contributed by atoms with Crippen molar-refractivity contribution >= 4 is 28.5 Å². The smallest absolute Gasteiger partial charge is 0.255 e. The van der Waals surface area contributed by atoms with Gasteiger partial charge in [-0.1, -0.05) is 48.0 Å². The van der Waals surface area contributed by atoms with Crippen molar-refractivity contribution in [3.8, 4) is 0 Å². The van der Waals surface area contributed by atoms with Crippen molar-refractivity contribution in [1.82, 2.24) is 15.3 Å². The van der Waals surface area contributed by atoms with Crippen LogP contribution in [-0.2, 0) is 0 Å². The molecule has 0 saturated heterocycles. The van der Waals surface area contributed by atoms with Crippen molar-refractivity contribution in [2.24, 2.45) is 0 Å². The number of imidazole rings is 1. The molecule has 1 atom stereocenters. The second-order valence-corrected chi connectivity index (χ2v) is 6.56.